The fraction of sp³-hybridized carbons (Fsp3) is 0.174. The van der Waals surface area contributed by atoms with E-state index in [1.807, 2.05) is 19.9 Å². The molecule has 0 spiro atoms. The summed E-state index contributed by atoms with van der Waals surface area (Å²) in [5.41, 5.74) is 1.84. The van der Waals surface area contributed by atoms with Crippen LogP contribution in [0.4, 0.5) is 8.78 Å². The molecule has 0 fully saturated rings. The highest BCUT2D eigenvalue weighted by Gasteiger charge is 2.22. The van der Waals surface area contributed by atoms with Crippen LogP contribution in [-0.4, -0.2) is 20.9 Å². The lowest BCUT2D eigenvalue weighted by Gasteiger charge is -2.03. The van der Waals surface area contributed by atoms with Crippen LogP contribution < -0.4 is 0 Å². The van der Waals surface area contributed by atoms with Crippen LogP contribution in [0.5, 0.6) is 5.75 Å². The zero-order valence-corrected chi connectivity index (χ0v) is 18.4. The number of hydrogen-bond donors (Lipinski definition) is 1. The van der Waals surface area contributed by atoms with E-state index in [1.54, 1.807) is 18.2 Å². The predicted molar refractivity (Wildman–Crippen MR) is 119 cm³/mol. The first-order valence-electron chi connectivity index (χ1n) is 9.50. The molecule has 0 atom stereocenters. The Morgan fingerprint density at radius 3 is 2.29 bits per heavy atom. The van der Waals surface area contributed by atoms with E-state index in [0.29, 0.717) is 16.3 Å². The summed E-state index contributed by atoms with van der Waals surface area (Å²) in [6, 6.07) is 10.5. The van der Waals surface area contributed by atoms with Crippen molar-refractivity contribution in [2.45, 2.75) is 26.7 Å². The molecule has 4 nitrogen and oxygen atoms in total. The third-order valence-corrected chi connectivity index (χ3v) is 6.89. The molecule has 0 saturated carbocycles. The monoisotopic (exact) mass is 456 g/mol. The van der Waals surface area contributed by atoms with Gasteiger partial charge < -0.3 is 5.11 Å². The summed E-state index contributed by atoms with van der Waals surface area (Å²) in [5, 5.41) is 11.8. The van der Waals surface area contributed by atoms with Crippen molar-refractivity contribution in [1.82, 2.24) is 9.97 Å². The van der Waals surface area contributed by atoms with Gasteiger partial charge in [0.2, 0.25) is 0 Å². The average Bonchev–Trinajstić information content (AvgIpc) is 3.27. The maximum absolute atomic E-state index is 13.9. The van der Waals surface area contributed by atoms with Crippen molar-refractivity contribution >= 4 is 28.5 Å². The number of ketones is 1. The first kappa shape index (κ1) is 21.3. The summed E-state index contributed by atoms with van der Waals surface area (Å²) >= 11 is 2.77. The molecule has 0 bridgehead atoms. The van der Waals surface area contributed by atoms with E-state index in [-0.39, 0.29) is 29.9 Å². The highest BCUT2D eigenvalue weighted by atomic mass is 32.1. The Morgan fingerprint density at radius 1 is 0.935 bits per heavy atom. The van der Waals surface area contributed by atoms with Crippen LogP contribution in [0.2, 0.25) is 0 Å². The van der Waals surface area contributed by atoms with E-state index < -0.39 is 11.6 Å². The topological polar surface area (TPSA) is 63.1 Å². The minimum atomic E-state index is -0.737. The van der Waals surface area contributed by atoms with Gasteiger partial charge in [-0.1, -0.05) is 18.2 Å². The maximum Gasteiger partial charge on any atom is 0.144 e. The Morgan fingerprint density at radius 2 is 1.65 bits per heavy atom. The van der Waals surface area contributed by atoms with Crippen molar-refractivity contribution in [3.8, 4) is 26.8 Å². The minimum Gasteiger partial charge on any atom is -0.507 e. The number of nitrogens with zero attached hydrogens (tertiary/aromatic N) is 2. The summed E-state index contributed by atoms with van der Waals surface area (Å²) < 4.78 is 27.8. The second kappa shape index (κ2) is 8.64. The van der Waals surface area contributed by atoms with Gasteiger partial charge in [0, 0.05) is 17.5 Å². The average molecular weight is 457 g/mol. The molecule has 4 rings (SSSR count). The maximum atomic E-state index is 13.9. The smallest absolute Gasteiger partial charge is 0.144 e. The normalized spacial score (nSPS) is 11.1. The van der Waals surface area contributed by atoms with Gasteiger partial charge in [0.1, 0.15) is 33.9 Å². The number of halogens is 2. The van der Waals surface area contributed by atoms with Crippen LogP contribution in [0.25, 0.3) is 21.0 Å². The fourth-order valence-electron chi connectivity index (χ4n) is 3.32. The highest BCUT2D eigenvalue weighted by Crippen LogP contribution is 2.43. The highest BCUT2D eigenvalue weighted by molar-refractivity contribution is 7.18. The van der Waals surface area contributed by atoms with E-state index in [0.717, 1.165) is 32.6 Å². The summed E-state index contributed by atoms with van der Waals surface area (Å²) in [6.07, 6.45) is -0.409. The number of hydrogen-bond acceptors (Lipinski definition) is 6. The van der Waals surface area contributed by atoms with Crippen LogP contribution in [0.1, 0.15) is 21.3 Å². The number of benzene rings is 2. The molecule has 0 saturated heterocycles. The molecule has 158 valence electrons. The Hall–Kier alpha value is -2.97. The fourth-order valence-corrected chi connectivity index (χ4v) is 5.44. The van der Waals surface area contributed by atoms with Crippen LogP contribution in [0, 0.1) is 25.5 Å². The molecule has 8 heteroatoms. The number of phenols is 1. The largest absolute Gasteiger partial charge is 0.507 e. The molecule has 4 aromatic rings. The molecule has 1 N–H and O–H groups in total. The lowest BCUT2D eigenvalue weighted by atomic mass is 10.1. The third-order valence-electron chi connectivity index (χ3n) is 4.72. The van der Waals surface area contributed by atoms with Gasteiger partial charge in [0.25, 0.3) is 0 Å². The number of aryl methyl sites for hydroxylation is 2. The summed E-state index contributed by atoms with van der Waals surface area (Å²) in [7, 11) is 0. The number of aromatic hydroxyl groups is 1. The SMILES string of the molecule is Cc1nc(C)c(-c2nc(CC(=O)Cc3c(F)cccc3F)sc2-c2ccccc2O)s1. The number of carbonyl (C=O) groups excluding carboxylic acids is 1. The van der Waals surface area contributed by atoms with Crippen LogP contribution in [0.15, 0.2) is 42.5 Å². The molecule has 0 aliphatic rings. The Kier molecular flexibility index (Phi) is 5.93. The van der Waals surface area contributed by atoms with Gasteiger partial charge >= 0.3 is 0 Å². The molecule has 0 aliphatic heterocycles. The standard InChI is InChI=1S/C23H18F2N2O2S2/c1-12-22(30-13(2)26-12)21-23(15-6-3-4-9-19(15)29)31-20(27-21)11-14(28)10-16-17(24)7-5-8-18(16)25/h3-9,29H,10-11H2,1-2H3. The van der Waals surface area contributed by atoms with Gasteiger partial charge in [-0.05, 0) is 38.1 Å². The summed E-state index contributed by atoms with van der Waals surface area (Å²) in [5.74, 6) is -1.71. The first-order valence-corrected chi connectivity index (χ1v) is 11.1. The van der Waals surface area contributed by atoms with Crippen LogP contribution in [0.3, 0.4) is 0 Å². The van der Waals surface area contributed by atoms with E-state index in [9.17, 15) is 18.7 Å². The lowest BCUT2D eigenvalue weighted by Crippen LogP contribution is -2.09. The molecule has 0 unspecified atom stereocenters. The summed E-state index contributed by atoms with van der Waals surface area (Å²) in [4.78, 5) is 23.3. The molecule has 2 heterocycles. The van der Waals surface area contributed by atoms with Crippen molar-refractivity contribution in [2.75, 3.05) is 0 Å². The zero-order valence-electron chi connectivity index (χ0n) is 16.8. The molecular weight excluding hydrogens is 438 g/mol. The Bertz CT molecular complexity index is 1260. The zero-order chi connectivity index (χ0) is 22.1. The second-order valence-corrected chi connectivity index (χ2v) is 9.33. The number of Topliss-reactive ketones (excluding diaryl/α,β-unsaturated/α-hetero) is 1. The minimum absolute atomic E-state index is 0.0597. The lowest BCUT2D eigenvalue weighted by molar-refractivity contribution is -0.117. The predicted octanol–water partition coefficient (Wildman–Crippen LogP) is 5.89. The molecule has 31 heavy (non-hydrogen) atoms. The number of para-hydroxylation sites is 1. The van der Waals surface area contributed by atoms with Gasteiger partial charge in [-0.2, -0.15) is 0 Å². The van der Waals surface area contributed by atoms with Crippen molar-refractivity contribution in [3.63, 3.8) is 0 Å². The number of rotatable bonds is 6. The number of carbonyl (C=O) groups is 1. The van der Waals surface area contributed by atoms with Gasteiger partial charge in [-0.15, -0.1) is 22.7 Å². The Balaban J connectivity index is 1.71. The molecule has 0 radical (unpaired) electrons. The van der Waals surface area contributed by atoms with Crippen molar-refractivity contribution in [1.29, 1.82) is 0 Å². The molecule has 2 aromatic heterocycles. The molecule has 0 amide bonds. The number of phenolic OH excluding ortho intramolecular Hbond substituents is 1. The van der Waals surface area contributed by atoms with E-state index in [4.69, 9.17) is 0 Å². The number of aromatic nitrogens is 2. The van der Waals surface area contributed by atoms with Crippen LogP contribution >= 0.6 is 22.7 Å². The van der Waals surface area contributed by atoms with E-state index >= 15 is 0 Å². The van der Waals surface area contributed by atoms with Crippen molar-refractivity contribution in [3.05, 3.63) is 75.4 Å². The van der Waals surface area contributed by atoms with Crippen molar-refractivity contribution < 1.29 is 18.7 Å². The van der Waals surface area contributed by atoms with E-state index in [2.05, 4.69) is 9.97 Å². The quantitative estimate of drug-likeness (QED) is 0.393. The third kappa shape index (κ3) is 4.40. The Labute approximate surface area is 185 Å². The second-order valence-electron chi connectivity index (χ2n) is 7.04. The van der Waals surface area contributed by atoms with Gasteiger partial charge in [0.05, 0.1) is 26.9 Å². The summed E-state index contributed by atoms with van der Waals surface area (Å²) in [6.45, 7) is 3.79. The number of thiazole rings is 2. The van der Waals surface area contributed by atoms with Gasteiger partial charge in [0.15, 0.2) is 0 Å². The van der Waals surface area contributed by atoms with Gasteiger partial charge in [-0.3, -0.25) is 4.79 Å². The molecular formula is C23H18F2N2O2S2. The molecule has 0 aliphatic carbocycles. The molecule has 2 aromatic carbocycles. The first-order chi connectivity index (χ1) is 14.8. The van der Waals surface area contributed by atoms with Gasteiger partial charge in [-0.25, -0.2) is 18.7 Å². The van der Waals surface area contributed by atoms with Crippen molar-refractivity contribution in [2.24, 2.45) is 0 Å². The van der Waals surface area contributed by atoms with E-state index in [1.165, 1.54) is 28.7 Å². The van der Waals surface area contributed by atoms with Crippen LogP contribution in [-0.2, 0) is 17.6 Å².